The van der Waals surface area contributed by atoms with Gasteiger partial charge >= 0.3 is 18.2 Å². The van der Waals surface area contributed by atoms with E-state index in [0.29, 0.717) is 37.6 Å². The molecule has 2 aliphatic heterocycles. The Morgan fingerprint density at radius 3 is 2.40 bits per heavy atom. The monoisotopic (exact) mass is 596 g/mol. The Balaban J connectivity index is 1.03. The number of nitro groups is 1. The van der Waals surface area contributed by atoms with Crippen LogP contribution in [0.3, 0.4) is 0 Å². The molecule has 13 heteroatoms. The number of rotatable bonds is 9. The summed E-state index contributed by atoms with van der Waals surface area (Å²) >= 11 is 0. The summed E-state index contributed by atoms with van der Waals surface area (Å²) in [7, 11) is 0. The summed E-state index contributed by atoms with van der Waals surface area (Å²) in [5.74, 6) is 1.17. The van der Waals surface area contributed by atoms with Gasteiger partial charge in [0.15, 0.2) is 0 Å². The molecule has 10 nitrogen and oxygen atoms in total. The lowest BCUT2D eigenvalue weighted by Gasteiger charge is -2.32. The second-order valence-electron chi connectivity index (χ2n) is 10.3. The van der Waals surface area contributed by atoms with E-state index < -0.39 is 11.3 Å². The lowest BCUT2D eigenvalue weighted by molar-refractivity contribution is -0.389. The molecular formula is C30H27F3N4O6. The molecule has 0 fully saturated rings. The molecule has 0 aliphatic carbocycles. The summed E-state index contributed by atoms with van der Waals surface area (Å²) in [6.45, 7) is 2.49. The van der Waals surface area contributed by atoms with Gasteiger partial charge in [-0.15, -0.1) is 13.2 Å². The molecule has 0 bridgehead atoms. The van der Waals surface area contributed by atoms with Crippen LogP contribution in [0.2, 0.25) is 0 Å². The van der Waals surface area contributed by atoms with E-state index in [2.05, 4.69) is 26.8 Å². The summed E-state index contributed by atoms with van der Waals surface area (Å²) in [6.07, 6.45) is -1.02. The smallest absolute Gasteiger partial charge is 0.490 e. The summed E-state index contributed by atoms with van der Waals surface area (Å²) < 4.78 is 60.2. The Hall–Kier alpha value is -4.94. The van der Waals surface area contributed by atoms with Crippen molar-refractivity contribution in [2.75, 3.05) is 18.1 Å². The van der Waals surface area contributed by atoms with Crippen molar-refractivity contribution in [3.8, 4) is 29.0 Å². The number of benzene rings is 3. The summed E-state index contributed by atoms with van der Waals surface area (Å²) in [5, 5.41) is 11.0. The molecule has 0 amide bonds. The zero-order valence-electron chi connectivity index (χ0n) is 22.8. The molecule has 224 valence electrons. The van der Waals surface area contributed by atoms with Gasteiger partial charge in [0, 0.05) is 36.7 Å². The number of hydrogen-bond acceptors (Lipinski definition) is 8. The Labute approximate surface area is 244 Å². The Kier molecular flexibility index (Phi) is 7.70. The number of aromatic nitrogens is 2. The van der Waals surface area contributed by atoms with Crippen molar-refractivity contribution in [1.29, 1.82) is 0 Å². The number of hydrogen-bond donors (Lipinski definition) is 0. The highest BCUT2D eigenvalue weighted by atomic mass is 19.4. The highest BCUT2D eigenvalue weighted by Crippen LogP contribution is 2.33. The largest absolute Gasteiger partial charge is 0.573 e. The maximum absolute atomic E-state index is 12.4. The van der Waals surface area contributed by atoms with E-state index in [0.717, 1.165) is 36.4 Å². The zero-order chi connectivity index (χ0) is 30.0. The number of fused-ring (bicyclic) bond motifs is 2. The van der Waals surface area contributed by atoms with Crippen molar-refractivity contribution < 1.29 is 37.0 Å². The zero-order valence-corrected chi connectivity index (χ0v) is 22.8. The fraction of sp³-hybridized carbons (Fsp3) is 0.300. The molecule has 2 aliphatic rings. The summed E-state index contributed by atoms with van der Waals surface area (Å²) in [6, 6.07) is 19.1. The van der Waals surface area contributed by atoms with Gasteiger partial charge in [-0.25, -0.2) is 0 Å². The standard InChI is InChI=1S/C30H27F3N4O6/c31-30(32,33)43-24-9-7-23(8-10-24)41-22-5-3-20(4-6-22)17-35-14-1-2-21-16-25(11-12-27(21)35)40-19-26-13-15-36-18-28(37(38)39)34-29(36)42-26/h3-12,16,18,26H,1-2,13-15,17,19H2/t26-/m1/s1. The number of aryl methyl sites for hydroxylation is 2. The number of imidazole rings is 1. The Morgan fingerprint density at radius 1 is 0.977 bits per heavy atom. The summed E-state index contributed by atoms with van der Waals surface area (Å²) in [4.78, 5) is 16.7. The molecule has 3 heterocycles. The van der Waals surface area contributed by atoms with Crippen molar-refractivity contribution in [1.82, 2.24) is 9.55 Å². The van der Waals surface area contributed by atoms with Gasteiger partial charge in [0.2, 0.25) is 0 Å². The molecular weight excluding hydrogens is 569 g/mol. The van der Waals surface area contributed by atoms with Crippen molar-refractivity contribution in [3.05, 3.63) is 94.2 Å². The first-order valence-corrected chi connectivity index (χ1v) is 13.7. The van der Waals surface area contributed by atoms with Gasteiger partial charge in [0.25, 0.3) is 0 Å². The first kappa shape index (κ1) is 28.2. The fourth-order valence-electron chi connectivity index (χ4n) is 5.16. The lowest BCUT2D eigenvalue weighted by Crippen LogP contribution is -2.31. The van der Waals surface area contributed by atoms with Gasteiger partial charge in [-0.1, -0.05) is 12.1 Å². The van der Waals surface area contributed by atoms with E-state index in [1.54, 1.807) is 4.57 Å². The maximum Gasteiger partial charge on any atom is 0.573 e. The molecule has 43 heavy (non-hydrogen) atoms. The molecule has 0 spiro atoms. The first-order chi connectivity index (χ1) is 20.7. The molecule has 1 atom stereocenters. The third-order valence-electron chi connectivity index (χ3n) is 7.17. The van der Waals surface area contributed by atoms with E-state index in [1.807, 2.05) is 30.3 Å². The van der Waals surface area contributed by atoms with Crippen LogP contribution in [0.15, 0.2) is 72.9 Å². The predicted octanol–water partition coefficient (Wildman–Crippen LogP) is 6.67. The van der Waals surface area contributed by atoms with E-state index in [-0.39, 0.29) is 23.7 Å². The quantitative estimate of drug-likeness (QED) is 0.156. The Bertz CT molecular complexity index is 1590. The van der Waals surface area contributed by atoms with Gasteiger partial charge < -0.3 is 34.0 Å². The van der Waals surface area contributed by atoms with Crippen molar-refractivity contribution in [3.63, 3.8) is 0 Å². The van der Waals surface area contributed by atoms with Crippen LogP contribution in [-0.2, 0) is 19.5 Å². The SMILES string of the molecule is O=[N+]([O-])c1cn2c(n1)O[C@@H](COc1ccc3c(c1)CCCN3Cc1ccc(Oc3ccc(OC(F)(F)F)cc3)cc1)CC2. The highest BCUT2D eigenvalue weighted by Gasteiger charge is 2.31. The minimum atomic E-state index is -4.74. The average Bonchev–Trinajstić information content (AvgIpc) is 3.42. The number of alkyl halides is 3. The number of nitrogens with zero attached hydrogens (tertiary/aromatic N) is 4. The molecule has 1 aromatic heterocycles. The van der Waals surface area contributed by atoms with Crippen LogP contribution < -0.4 is 23.8 Å². The van der Waals surface area contributed by atoms with Gasteiger partial charge in [0.05, 0.1) is 0 Å². The number of halogens is 3. The van der Waals surface area contributed by atoms with E-state index in [1.165, 1.54) is 36.0 Å². The van der Waals surface area contributed by atoms with Crippen LogP contribution in [-0.4, -0.2) is 40.1 Å². The van der Waals surface area contributed by atoms with E-state index in [4.69, 9.17) is 14.2 Å². The molecule has 0 unspecified atom stereocenters. The molecule has 0 radical (unpaired) electrons. The average molecular weight is 597 g/mol. The third kappa shape index (κ3) is 6.93. The van der Waals surface area contributed by atoms with Gasteiger partial charge in [-0.2, -0.15) is 0 Å². The molecule has 0 N–H and O–H groups in total. The van der Waals surface area contributed by atoms with Crippen LogP contribution in [0.1, 0.15) is 24.0 Å². The first-order valence-electron chi connectivity index (χ1n) is 13.7. The van der Waals surface area contributed by atoms with Crippen LogP contribution in [0.5, 0.6) is 29.0 Å². The lowest BCUT2D eigenvalue weighted by atomic mass is 10.0. The van der Waals surface area contributed by atoms with Crippen LogP contribution in [0, 0.1) is 10.1 Å². The second-order valence-corrected chi connectivity index (χ2v) is 10.3. The molecule has 0 saturated heterocycles. The van der Waals surface area contributed by atoms with Crippen LogP contribution in [0.4, 0.5) is 24.7 Å². The van der Waals surface area contributed by atoms with Crippen LogP contribution >= 0.6 is 0 Å². The normalized spacial score (nSPS) is 16.1. The van der Waals surface area contributed by atoms with Gasteiger partial charge in [-0.3, -0.25) is 4.57 Å². The van der Waals surface area contributed by atoms with Crippen LogP contribution in [0.25, 0.3) is 0 Å². The van der Waals surface area contributed by atoms with Crippen molar-refractivity contribution >= 4 is 11.5 Å². The van der Waals surface area contributed by atoms with Crippen molar-refractivity contribution in [2.45, 2.75) is 44.8 Å². The topological polar surface area (TPSA) is 101 Å². The fourth-order valence-corrected chi connectivity index (χ4v) is 5.16. The van der Waals surface area contributed by atoms with Crippen molar-refractivity contribution in [2.24, 2.45) is 0 Å². The van der Waals surface area contributed by atoms with E-state index in [9.17, 15) is 23.3 Å². The minimum Gasteiger partial charge on any atom is -0.490 e. The second kappa shape index (κ2) is 11.7. The summed E-state index contributed by atoms with van der Waals surface area (Å²) in [5.41, 5.74) is 3.42. The van der Waals surface area contributed by atoms with Gasteiger partial charge in [-0.05, 0) is 83.5 Å². The molecule has 0 saturated carbocycles. The highest BCUT2D eigenvalue weighted by molar-refractivity contribution is 5.58. The maximum atomic E-state index is 12.4. The number of ether oxygens (including phenoxy) is 4. The predicted molar refractivity (Wildman–Crippen MR) is 149 cm³/mol. The molecule has 4 aromatic rings. The van der Waals surface area contributed by atoms with E-state index >= 15 is 0 Å². The third-order valence-corrected chi connectivity index (χ3v) is 7.17. The molecule has 3 aromatic carbocycles. The van der Waals surface area contributed by atoms with Gasteiger partial charge in [0.1, 0.15) is 41.9 Å². The molecule has 6 rings (SSSR count). The Morgan fingerprint density at radius 2 is 1.67 bits per heavy atom. The minimum absolute atomic E-state index is 0.229. The number of anilines is 1.